The molecule has 0 spiro atoms. The number of nitrogens with one attached hydrogen (secondary N) is 1. The van der Waals surface area contributed by atoms with Crippen LogP contribution >= 0.6 is 0 Å². The van der Waals surface area contributed by atoms with Gasteiger partial charge in [-0.3, -0.25) is 0 Å². The van der Waals surface area contributed by atoms with E-state index in [-0.39, 0.29) is 11.9 Å². The van der Waals surface area contributed by atoms with E-state index in [2.05, 4.69) is 10.4 Å². The molecule has 6 heteroatoms. The van der Waals surface area contributed by atoms with Crippen LogP contribution in [0.2, 0.25) is 0 Å². The molecule has 1 aliphatic heterocycles. The first-order valence-corrected chi connectivity index (χ1v) is 9.55. The van der Waals surface area contributed by atoms with Crippen LogP contribution in [0.25, 0.3) is 16.9 Å². The molecule has 1 aliphatic rings. The smallest absolute Gasteiger partial charge is 0.148 e. The highest BCUT2D eigenvalue weighted by molar-refractivity contribution is 5.64. The van der Waals surface area contributed by atoms with E-state index in [1.54, 1.807) is 23.9 Å². The predicted molar refractivity (Wildman–Crippen MR) is 106 cm³/mol. The van der Waals surface area contributed by atoms with E-state index in [1.807, 2.05) is 36.5 Å². The Kier molecular flexibility index (Phi) is 5.69. The summed E-state index contributed by atoms with van der Waals surface area (Å²) in [5.41, 5.74) is 3.23. The number of ether oxygens (including phenoxy) is 2. The van der Waals surface area contributed by atoms with Gasteiger partial charge in [0.25, 0.3) is 0 Å². The Labute approximate surface area is 164 Å². The van der Waals surface area contributed by atoms with E-state index in [1.165, 1.54) is 6.07 Å². The van der Waals surface area contributed by atoms with Crippen LogP contribution in [0.1, 0.15) is 18.4 Å². The van der Waals surface area contributed by atoms with Gasteiger partial charge in [-0.25, -0.2) is 9.07 Å². The predicted octanol–water partition coefficient (Wildman–Crippen LogP) is 3.96. The SMILES string of the molecule is COc1ccc(-c2nn(-c3ccccc3F)cc2CNCC2CCCO2)cc1. The maximum absolute atomic E-state index is 14.3. The molecule has 3 aromatic rings. The van der Waals surface area contributed by atoms with Gasteiger partial charge in [0.15, 0.2) is 0 Å². The molecule has 1 fully saturated rings. The number of rotatable bonds is 7. The zero-order valence-corrected chi connectivity index (χ0v) is 15.9. The second-order valence-corrected chi connectivity index (χ2v) is 6.89. The molecular weight excluding hydrogens is 357 g/mol. The van der Waals surface area contributed by atoms with Gasteiger partial charge in [-0.1, -0.05) is 12.1 Å². The number of benzene rings is 2. The fourth-order valence-corrected chi connectivity index (χ4v) is 3.47. The topological polar surface area (TPSA) is 48.3 Å². The fourth-order valence-electron chi connectivity index (χ4n) is 3.47. The van der Waals surface area contributed by atoms with Gasteiger partial charge in [0.05, 0.1) is 18.9 Å². The Hall–Kier alpha value is -2.70. The Morgan fingerprint density at radius 2 is 2.04 bits per heavy atom. The minimum absolute atomic E-state index is 0.269. The summed E-state index contributed by atoms with van der Waals surface area (Å²) in [6, 6.07) is 14.4. The van der Waals surface area contributed by atoms with Gasteiger partial charge >= 0.3 is 0 Å². The normalized spacial score (nSPS) is 16.4. The highest BCUT2D eigenvalue weighted by Crippen LogP contribution is 2.26. The van der Waals surface area contributed by atoms with E-state index in [9.17, 15) is 4.39 Å². The van der Waals surface area contributed by atoms with Gasteiger partial charge in [0.2, 0.25) is 0 Å². The minimum atomic E-state index is -0.301. The summed E-state index contributed by atoms with van der Waals surface area (Å²) in [6.07, 6.45) is 4.37. The summed E-state index contributed by atoms with van der Waals surface area (Å²) in [4.78, 5) is 0. The number of methoxy groups -OCH3 is 1. The Balaban J connectivity index is 1.62. The van der Waals surface area contributed by atoms with Crippen molar-refractivity contribution in [3.63, 3.8) is 0 Å². The van der Waals surface area contributed by atoms with Crippen LogP contribution in [-0.4, -0.2) is 36.1 Å². The molecule has 28 heavy (non-hydrogen) atoms. The molecule has 4 rings (SSSR count). The Morgan fingerprint density at radius 1 is 1.21 bits per heavy atom. The summed E-state index contributed by atoms with van der Waals surface area (Å²) in [5, 5.41) is 8.14. The van der Waals surface area contributed by atoms with Crippen LogP contribution < -0.4 is 10.1 Å². The highest BCUT2D eigenvalue weighted by atomic mass is 19.1. The fraction of sp³-hybridized carbons (Fsp3) is 0.318. The lowest BCUT2D eigenvalue weighted by Gasteiger charge is -2.10. The molecule has 0 aliphatic carbocycles. The summed E-state index contributed by atoms with van der Waals surface area (Å²) in [7, 11) is 1.64. The van der Waals surface area contributed by atoms with Crippen molar-refractivity contribution in [3.05, 3.63) is 66.1 Å². The second-order valence-electron chi connectivity index (χ2n) is 6.89. The molecule has 1 N–H and O–H groups in total. The van der Waals surface area contributed by atoms with E-state index in [0.717, 1.165) is 48.6 Å². The van der Waals surface area contributed by atoms with Crippen molar-refractivity contribution in [3.8, 4) is 22.7 Å². The molecule has 0 amide bonds. The first-order chi connectivity index (χ1) is 13.7. The first-order valence-electron chi connectivity index (χ1n) is 9.55. The standard InChI is InChI=1S/C22H24FN3O2/c1-27-18-10-8-16(9-11-18)22-17(13-24-14-19-5-4-12-28-19)15-26(25-22)21-7-3-2-6-20(21)23/h2-3,6-11,15,19,24H,4-5,12-14H2,1H3. The first kappa shape index (κ1) is 18.7. The average Bonchev–Trinajstić information content (AvgIpc) is 3.39. The molecule has 1 unspecified atom stereocenters. The van der Waals surface area contributed by atoms with Crippen molar-refractivity contribution < 1.29 is 13.9 Å². The number of nitrogens with zero attached hydrogens (tertiary/aromatic N) is 2. The molecule has 146 valence electrons. The minimum Gasteiger partial charge on any atom is -0.497 e. The number of aromatic nitrogens is 2. The lowest BCUT2D eigenvalue weighted by Crippen LogP contribution is -2.25. The van der Waals surface area contributed by atoms with E-state index in [0.29, 0.717) is 12.2 Å². The Morgan fingerprint density at radius 3 is 2.75 bits per heavy atom. The van der Waals surface area contributed by atoms with Crippen LogP contribution in [0.5, 0.6) is 5.75 Å². The lowest BCUT2D eigenvalue weighted by atomic mass is 10.1. The average molecular weight is 381 g/mol. The molecule has 0 bridgehead atoms. The maximum atomic E-state index is 14.3. The Bertz CT molecular complexity index is 918. The van der Waals surface area contributed by atoms with Crippen LogP contribution in [0.15, 0.2) is 54.7 Å². The van der Waals surface area contributed by atoms with Crippen molar-refractivity contribution in [1.29, 1.82) is 0 Å². The molecule has 5 nitrogen and oxygen atoms in total. The molecule has 2 aromatic carbocycles. The van der Waals surface area contributed by atoms with Gasteiger partial charge in [-0.15, -0.1) is 0 Å². The molecule has 1 atom stereocenters. The van der Waals surface area contributed by atoms with Gasteiger partial charge in [0, 0.05) is 37.0 Å². The largest absolute Gasteiger partial charge is 0.497 e. The number of hydrogen-bond donors (Lipinski definition) is 1. The van der Waals surface area contributed by atoms with Crippen molar-refractivity contribution >= 4 is 0 Å². The third kappa shape index (κ3) is 4.08. The number of hydrogen-bond acceptors (Lipinski definition) is 4. The molecule has 2 heterocycles. The summed E-state index contributed by atoms with van der Waals surface area (Å²) < 4.78 is 26.8. The van der Waals surface area contributed by atoms with Gasteiger partial charge in [-0.05, 0) is 49.2 Å². The third-order valence-electron chi connectivity index (χ3n) is 4.96. The maximum Gasteiger partial charge on any atom is 0.148 e. The van der Waals surface area contributed by atoms with Gasteiger partial charge < -0.3 is 14.8 Å². The quantitative estimate of drug-likeness (QED) is 0.673. The summed E-state index contributed by atoms with van der Waals surface area (Å²) >= 11 is 0. The molecule has 1 saturated heterocycles. The molecular formula is C22H24FN3O2. The summed E-state index contributed by atoms with van der Waals surface area (Å²) in [6.45, 7) is 2.28. The van der Waals surface area contributed by atoms with Crippen molar-refractivity contribution in [2.24, 2.45) is 0 Å². The zero-order chi connectivity index (χ0) is 19.3. The second kappa shape index (κ2) is 8.54. The van der Waals surface area contributed by atoms with E-state index in [4.69, 9.17) is 9.47 Å². The van der Waals surface area contributed by atoms with Crippen LogP contribution in [0, 0.1) is 5.82 Å². The van der Waals surface area contributed by atoms with Gasteiger partial charge in [0.1, 0.15) is 17.3 Å². The molecule has 0 radical (unpaired) electrons. The van der Waals surface area contributed by atoms with Crippen LogP contribution in [0.3, 0.4) is 0 Å². The molecule has 0 saturated carbocycles. The lowest BCUT2D eigenvalue weighted by molar-refractivity contribution is 0.110. The third-order valence-corrected chi connectivity index (χ3v) is 4.96. The zero-order valence-electron chi connectivity index (χ0n) is 15.9. The highest BCUT2D eigenvalue weighted by Gasteiger charge is 2.17. The van der Waals surface area contributed by atoms with Crippen molar-refractivity contribution in [1.82, 2.24) is 15.1 Å². The number of para-hydroxylation sites is 1. The van der Waals surface area contributed by atoms with Crippen LogP contribution in [0.4, 0.5) is 4.39 Å². The van der Waals surface area contributed by atoms with Crippen molar-refractivity contribution in [2.45, 2.75) is 25.5 Å². The summed E-state index contributed by atoms with van der Waals surface area (Å²) in [5.74, 6) is 0.487. The van der Waals surface area contributed by atoms with E-state index >= 15 is 0 Å². The van der Waals surface area contributed by atoms with Gasteiger partial charge in [-0.2, -0.15) is 5.10 Å². The number of halogens is 1. The van der Waals surface area contributed by atoms with E-state index < -0.39 is 0 Å². The monoisotopic (exact) mass is 381 g/mol. The molecule has 1 aromatic heterocycles. The van der Waals surface area contributed by atoms with Crippen LogP contribution in [-0.2, 0) is 11.3 Å². The van der Waals surface area contributed by atoms with Crippen molar-refractivity contribution in [2.75, 3.05) is 20.3 Å².